The highest BCUT2D eigenvalue weighted by molar-refractivity contribution is 4.77. The van der Waals surface area contributed by atoms with Crippen molar-refractivity contribution in [1.29, 1.82) is 0 Å². The molecule has 0 radical (unpaired) electrons. The van der Waals surface area contributed by atoms with E-state index in [9.17, 15) is 26.3 Å². The molecule has 0 fully saturated rings. The minimum atomic E-state index is -5.27. The summed E-state index contributed by atoms with van der Waals surface area (Å²) >= 11 is 0. The van der Waals surface area contributed by atoms with E-state index in [2.05, 4.69) is 10.6 Å². The molecule has 0 bridgehead atoms. The lowest BCUT2D eigenvalue weighted by atomic mass is 10.1. The highest BCUT2D eigenvalue weighted by atomic mass is 19.4. The van der Waals surface area contributed by atoms with Gasteiger partial charge in [-0.15, -0.1) is 0 Å². The first-order valence-electron chi connectivity index (χ1n) is 5.93. The van der Waals surface area contributed by atoms with Crippen LogP contribution in [0.15, 0.2) is 0 Å². The van der Waals surface area contributed by atoms with Gasteiger partial charge in [0.15, 0.2) is 5.92 Å². The Balaban J connectivity index is 3.97. The zero-order chi connectivity index (χ0) is 15.3. The second-order valence-corrected chi connectivity index (χ2v) is 5.37. The summed E-state index contributed by atoms with van der Waals surface area (Å²) in [7, 11) is 0. The average molecular weight is 294 g/mol. The molecule has 2 N–H and O–H groups in total. The third kappa shape index (κ3) is 9.10. The number of hydrogen-bond donors (Lipinski definition) is 2. The van der Waals surface area contributed by atoms with Crippen LogP contribution in [0, 0.1) is 5.92 Å². The Morgan fingerprint density at radius 2 is 1.32 bits per heavy atom. The molecule has 0 rings (SSSR count). The van der Waals surface area contributed by atoms with Crippen LogP contribution in [-0.4, -0.2) is 37.5 Å². The predicted octanol–water partition coefficient (Wildman–Crippen LogP) is 3.10. The van der Waals surface area contributed by atoms with E-state index in [4.69, 9.17) is 0 Å². The third-order valence-electron chi connectivity index (χ3n) is 2.32. The van der Waals surface area contributed by atoms with E-state index in [0.29, 0.717) is 13.0 Å². The number of rotatable bonds is 6. The van der Waals surface area contributed by atoms with Crippen LogP contribution in [0.25, 0.3) is 0 Å². The van der Waals surface area contributed by atoms with Crippen molar-refractivity contribution in [3.63, 3.8) is 0 Å². The second-order valence-electron chi connectivity index (χ2n) is 5.37. The summed E-state index contributed by atoms with van der Waals surface area (Å²) in [4.78, 5) is 0. The molecule has 8 heteroatoms. The first-order chi connectivity index (χ1) is 8.34. The Kier molecular flexibility index (Phi) is 6.61. The summed E-state index contributed by atoms with van der Waals surface area (Å²) in [5.41, 5.74) is -0.125. The zero-order valence-corrected chi connectivity index (χ0v) is 11.2. The summed E-state index contributed by atoms with van der Waals surface area (Å²) in [6, 6.07) is 0. The first kappa shape index (κ1) is 18.5. The minimum absolute atomic E-state index is 0.103. The van der Waals surface area contributed by atoms with Gasteiger partial charge in [-0.25, -0.2) is 0 Å². The van der Waals surface area contributed by atoms with E-state index < -0.39 is 24.8 Å². The molecule has 2 nitrogen and oxygen atoms in total. The zero-order valence-electron chi connectivity index (χ0n) is 11.2. The Morgan fingerprint density at radius 1 is 0.842 bits per heavy atom. The van der Waals surface area contributed by atoms with Gasteiger partial charge in [-0.05, 0) is 40.3 Å². The molecule has 0 aromatic carbocycles. The van der Waals surface area contributed by atoms with Crippen LogP contribution in [0.2, 0.25) is 0 Å². The fraction of sp³-hybridized carbons (Fsp3) is 1.00. The van der Waals surface area contributed by atoms with Gasteiger partial charge in [-0.1, -0.05) is 0 Å². The van der Waals surface area contributed by atoms with Gasteiger partial charge in [0.2, 0.25) is 0 Å². The van der Waals surface area contributed by atoms with E-state index in [1.807, 2.05) is 20.8 Å². The van der Waals surface area contributed by atoms with Crippen molar-refractivity contribution in [1.82, 2.24) is 10.6 Å². The fourth-order valence-corrected chi connectivity index (χ4v) is 1.34. The lowest BCUT2D eigenvalue weighted by molar-refractivity contribution is -0.281. The smallest absolute Gasteiger partial charge is 0.316 e. The van der Waals surface area contributed by atoms with Crippen LogP contribution in [-0.2, 0) is 0 Å². The molecule has 0 aliphatic carbocycles. The molecule has 0 saturated heterocycles. The summed E-state index contributed by atoms with van der Waals surface area (Å²) < 4.78 is 73.1. The van der Waals surface area contributed by atoms with Gasteiger partial charge in [0.1, 0.15) is 0 Å². The van der Waals surface area contributed by atoms with Gasteiger partial charge in [0, 0.05) is 12.1 Å². The molecule has 0 aliphatic heterocycles. The Morgan fingerprint density at radius 3 is 1.68 bits per heavy atom. The van der Waals surface area contributed by atoms with Crippen LogP contribution in [0.1, 0.15) is 27.2 Å². The Bertz CT molecular complexity index is 239. The average Bonchev–Trinajstić information content (AvgIpc) is 2.10. The molecule has 0 aromatic rings. The second kappa shape index (κ2) is 6.78. The highest BCUT2D eigenvalue weighted by Gasteiger charge is 2.56. The van der Waals surface area contributed by atoms with Crippen molar-refractivity contribution < 1.29 is 26.3 Å². The number of hydrogen-bond acceptors (Lipinski definition) is 2. The van der Waals surface area contributed by atoms with Gasteiger partial charge in [0.25, 0.3) is 0 Å². The van der Waals surface area contributed by atoms with Gasteiger partial charge in [-0.3, -0.25) is 0 Å². The van der Waals surface area contributed by atoms with Gasteiger partial charge >= 0.3 is 12.4 Å². The van der Waals surface area contributed by atoms with Gasteiger partial charge in [-0.2, -0.15) is 26.3 Å². The Labute approximate surface area is 108 Å². The first-order valence-corrected chi connectivity index (χ1v) is 5.93. The highest BCUT2D eigenvalue weighted by Crippen LogP contribution is 2.38. The molecule has 19 heavy (non-hydrogen) atoms. The van der Waals surface area contributed by atoms with Crippen LogP contribution < -0.4 is 10.6 Å². The van der Waals surface area contributed by atoms with Crippen molar-refractivity contribution in [2.24, 2.45) is 5.92 Å². The lowest BCUT2D eigenvalue weighted by Crippen LogP contribution is -2.44. The van der Waals surface area contributed by atoms with Crippen molar-refractivity contribution in [2.75, 3.05) is 19.6 Å². The van der Waals surface area contributed by atoms with Crippen LogP contribution in [0.3, 0.4) is 0 Å². The van der Waals surface area contributed by atoms with Gasteiger partial charge in [0.05, 0.1) is 0 Å². The minimum Gasteiger partial charge on any atom is -0.316 e. The monoisotopic (exact) mass is 294 g/mol. The number of alkyl halides is 6. The van der Waals surface area contributed by atoms with E-state index in [-0.39, 0.29) is 12.1 Å². The molecule has 0 saturated carbocycles. The fourth-order valence-electron chi connectivity index (χ4n) is 1.34. The van der Waals surface area contributed by atoms with Crippen molar-refractivity contribution in [3.8, 4) is 0 Å². The van der Waals surface area contributed by atoms with E-state index in [1.54, 1.807) is 0 Å². The SMILES string of the molecule is CC(C)(C)NCCCNCC(C(F)(F)F)C(F)(F)F. The van der Waals surface area contributed by atoms with E-state index in [0.717, 1.165) is 0 Å². The number of halogens is 6. The van der Waals surface area contributed by atoms with Crippen LogP contribution >= 0.6 is 0 Å². The summed E-state index contributed by atoms with van der Waals surface area (Å²) in [6.45, 7) is 5.25. The van der Waals surface area contributed by atoms with Gasteiger partial charge < -0.3 is 10.6 Å². The quantitative estimate of drug-likeness (QED) is 0.581. The van der Waals surface area contributed by atoms with Crippen molar-refractivity contribution >= 4 is 0 Å². The molecular formula is C11H20F6N2. The maximum Gasteiger partial charge on any atom is 0.401 e. The van der Waals surface area contributed by atoms with E-state index in [1.165, 1.54) is 0 Å². The Hall–Kier alpha value is -0.500. The molecular weight excluding hydrogens is 274 g/mol. The van der Waals surface area contributed by atoms with Crippen molar-refractivity contribution in [2.45, 2.75) is 45.1 Å². The normalized spacial score (nSPS) is 14.2. The molecule has 0 unspecified atom stereocenters. The van der Waals surface area contributed by atoms with Crippen LogP contribution in [0.4, 0.5) is 26.3 Å². The molecule has 0 heterocycles. The maximum absolute atomic E-state index is 12.2. The standard InChI is InChI=1S/C11H20F6N2/c1-9(2,3)19-6-4-5-18-7-8(10(12,13)14)11(15,16)17/h8,18-19H,4-7H2,1-3H3. The lowest BCUT2D eigenvalue weighted by Gasteiger charge is -2.23. The number of nitrogens with one attached hydrogen (secondary N) is 2. The predicted molar refractivity (Wildman–Crippen MR) is 60.8 cm³/mol. The molecule has 0 spiro atoms. The summed E-state index contributed by atoms with van der Waals surface area (Å²) in [6.07, 6.45) is -10.1. The van der Waals surface area contributed by atoms with E-state index >= 15 is 0 Å². The maximum atomic E-state index is 12.2. The molecule has 0 aliphatic rings. The van der Waals surface area contributed by atoms with Crippen LogP contribution in [0.5, 0.6) is 0 Å². The summed E-state index contributed by atoms with van der Waals surface area (Å²) in [5.74, 6) is -3.31. The topological polar surface area (TPSA) is 24.1 Å². The van der Waals surface area contributed by atoms with Crippen molar-refractivity contribution in [3.05, 3.63) is 0 Å². The summed E-state index contributed by atoms with van der Waals surface area (Å²) in [5, 5.41) is 5.29. The third-order valence-corrected chi connectivity index (χ3v) is 2.32. The largest absolute Gasteiger partial charge is 0.401 e. The molecule has 0 aromatic heterocycles. The molecule has 0 amide bonds. The molecule has 0 atom stereocenters. The molecule has 116 valence electrons.